The zero-order valence-corrected chi connectivity index (χ0v) is 15.9. The molecule has 2 aromatic carbocycles. The number of carbonyl (C=O) groups is 2. The van der Waals surface area contributed by atoms with E-state index in [4.69, 9.17) is 0 Å². The van der Waals surface area contributed by atoms with Gasteiger partial charge in [0.15, 0.2) is 0 Å². The minimum absolute atomic E-state index is 0.0397. The van der Waals surface area contributed by atoms with Crippen molar-refractivity contribution in [3.05, 3.63) is 71.3 Å². The highest BCUT2D eigenvalue weighted by Crippen LogP contribution is 2.10. The van der Waals surface area contributed by atoms with E-state index in [1.54, 1.807) is 24.3 Å². The lowest BCUT2D eigenvalue weighted by atomic mass is 10.1. The fourth-order valence-corrected chi connectivity index (χ4v) is 3.20. The summed E-state index contributed by atoms with van der Waals surface area (Å²) < 4.78 is 0. The summed E-state index contributed by atoms with van der Waals surface area (Å²) in [5, 5.41) is 2.95. The van der Waals surface area contributed by atoms with Gasteiger partial charge >= 0.3 is 0 Å². The van der Waals surface area contributed by atoms with Crippen LogP contribution in [0.3, 0.4) is 0 Å². The predicted octanol–water partition coefficient (Wildman–Crippen LogP) is 2.44. The van der Waals surface area contributed by atoms with Gasteiger partial charge in [0.25, 0.3) is 11.8 Å². The fourth-order valence-electron chi connectivity index (χ4n) is 3.20. The molecule has 0 bridgehead atoms. The summed E-state index contributed by atoms with van der Waals surface area (Å²) >= 11 is 0. The summed E-state index contributed by atoms with van der Waals surface area (Å²) in [6, 6.07) is 17.2. The Balaban J connectivity index is 1.46. The summed E-state index contributed by atoms with van der Waals surface area (Å²) in [5.41, 5.74) is 2.50. The maximum Gasteiger partial charge on any atom is 0.253 e. The second-order valence-corrected chi connectivity index (χ2v) is 7.02. The highest BCUT2D eigenvalue weighted by atomic mass is 16.2. The van der Waals surface area contributed by atoms with Crippen molar-refractivity contribution in [1.29, 1.82) is 0 Å². The molecule has 5 heteroatoms. The Morgan fingerprint density at radius 1 is 0.889 bits per heavy atom. The molecule has 5 nitrogen and oxygen atoms in total. The minimum atomic E-state index is -0.0957. The fraction of sp³-hybridized carbons (Fsp3) is 0.364. The molecular formula is C22H27N3O2. The van der Waals surface area contributed by atoms with Crippen molar-refractivity contribution < 1.29 is 9.59 Å². The Kier molecular flexibility index (Phi) is 6.60. The van der Waals surface area contributed by atoms with E-state index in [9.17, 15) is 9.59 Å². The van der Waals surface area contributed by atoms with E-state index >= 15 is 0 Å². The molecule has 1 N–H and O–H groups in total. The van der Waals surface area contributed by atoms with E-state index in [-0.39, 0.29) is 11.8 Å². The van der Waals surface area contributed by atoms with Crippen LogP contribution >= 0.6 is 0 Å². The van der Waals surface area contributed by atoms with Crippen LogP contribution in [0.5, 0.6) is 0 Å². The van der Waals surface area contributed by atoms with Crippen molar-refractivity contribution in [2.75, 3.05) is 39.8 Å². The first-order valence-corrected chi connectivity index (χ1v) is 9.53. The molecule has 1 fully saturated rings. The third kappa shape index (κ3) is 5.41. The number of hydrogen-bond acceptors (Lipinski definition) is 3. The summed E-state index contributed by atoms with van der Waals surface area (Å²) in [6.45, 7) is 3.93. The van der Waals surface area contributed by atoms with Crippen molar-refractivity contribution >= 4 is 11.8 Å². The van der Waals surface area contributed by atoms with Crippen molar-refractivity contribution in [2.45, 2.75) is 12.8 Å². The van der Waals surface area contributed by atoms with E-state index in [1.807, 2.05) is 23.1 Å². The molecule has 0 aliphatic carbocycles. The molecule has 0 unspecified atom stereocenters. The average Bonchev–Trinajstić information content (AvgIpc) is 2.72. The van der Waals surface area contributed by atoms with Crippen LogP contribution in [0.4, 0.5) is 0 Å². The first-order chi connectivity index (χ1) is 13.1. The molecule has 142 valence electrons. The quantitative estimate of drug-likeness (QED) is 0.800. The number of rotatable bonds is 6. The molecule has 1 aliphatic heterocycles. The largest absolute Gasteiger partial charge is 0.352 e. The Morgan fingerprint density at radius 3 is 2.19 bits per heavy atom. The summed E-state index contributed by atoms with van der Waals surface area (Å²) in [6.07, 6.45) is 1.84. The number of hydrogen-bond donors (Lipinski definition) is 1. The Morgan fingerprint density at radius 2 is 1.52 bits per heavy atom. The molecule has 0 saturated carbocycles. The van der Waals surface area contributed by atoms with Gasteiger partial charge in [-0.25, -0.2) is 0 Å². The molecule has 0 aromatic heterocycles. The van der Waals surface area contributed by atoms with Crippen LogP contribution in [-0.2, 0) is 6.42 Å². The van der Waals surface area contributed by atoms with Crippen LogP contribution in [0.25, 0.3) is 0 Å². The van der Waals surface area contributed by atoms with Crippen LogP contribution in [0.1, 0.15) is 32.7 Å². The number of nitrogens with one attached hydrogen (secondary N) is 1. The summed E-state index contributed by atoms with van der Waals surface area (Å²) in [7, 11) is 2.06. The monoisotopic (exact) mass is 365 g/mol. The molecule has 27 heavy (non-hydrogen) atoms. The highest BCUT2D eigenvalue weighted by molar-refractivity contribution is 5.97. The van der Waals surface area contributed by atoms with Gasteiger partial charge in [-0.05, 0) is 49.7 Å². The number of benzene rings is 2. The van der Waals surface area contributed by atoms with Crippen molar-refractivity contribution in [1.82, 2.24) is 15.1 Å². The van der Waals surface area contributed by atoms with Gasteiger partial charge in [-0.1, -0.05) is 30.3 Å². The molecular weight excluding hydrogens is 338 g/mol. The number of amides is 2. The Labute approximate surface area is 161 Å². The van der Waals surface area contributed by atoms with Gasteiger partial charge in [0.05, 0.1) is 0 Å². The van der Waals surface area contributed by atoms with Crippen molar-refractivity contribution in [3.63, 3.8) is 0 Å². The number of carbonyl (C=O) groups excluding carboxylic acids is 2. The molecule has 0 radical (unpaired) electrons. The SMILES string of the molecule is CN1CCN(C(=O)c2ccc(C(=O)NCCCc3ccccc3)cc2)CC1. The molecule has 1 aliphatic rings. The molecule has 0 atom stereocenters. The molecule has 2 aromatic rings. The highest BCUT2D eigenvalue weighted by Gasteiger charge is 2.20. The minimum Gasteiger partial charge on any atom is -0.352 e. The zero-order valence-electron chi connectivity index (χ0n) is 15.9. The van der Waals surface area contributed by atoms with Crippen LogP contribution in [-0.4, -0.2) is 61.4 Å². The maximum absolute atomic E-state index is 12.5. The van der Waals surface area contributed by atoms with Gasteiger partial charge in [-0.2, -0.15) is 0 Å². The van der Waals surface area contributed by atoms with E-state index in [2.05, 4.69) is 29.4 Å². The average molecular weight is 365 g/mol. The number of likely N-dealkylation sites (N-methyl/N-ethyl adjacent to an activating group) is 1. The summed E-state index contributed by atoms with van der Waals surface area (Å²) in [5.74, 6) is -0.0559. The lowest BCUT2D eigenvalue weighted by Crippen LogP contribution is -2.47. The lowest BCUT2D eigenvalue weighted by molar-refractivity contribution is 0.0663. The van der Waals surface area contributed by atoms with Gasteiger partial charge in [0.1, 0.15) is 0 Å². The second kappa shape index (κ2) is 9.33. The summed E-state index contributed by atoms with van der Waals surface area (Å²) in [4.78, 5) is 28.9. The maximum atomic E-state index is 12.5. The molecule has 3 rings (SSSR count). The van der Waals surface area contributed by atoms with Crippen LogP contribution in [0.15, 0.2) is 54.6 Å². The van der Waals surface area contributed by atoms with Gasteiger partial charge in [0.2, 0.25) is 0 Å². The molecule has 1 heterocycles. The number of aryl methyl sites for hydroxylation is 1. The Bertz CT molecular complexity index is 751. The van der Waals surface area contributed by atoms with Crippen LogP contribution in [0, 0.1) is 0 Å². The third-order valence-electron chi connectivity index (χ3n) is 4.96. The smallest absolute Gasteiger partial charge is 0.253 e. The second-order valence-electron chi connectivity index (χ2n) is 7.02. The Hall–Kier alpha value is -2.66. The zero-order chi connectivity index (χ0) is 19.1. The van der Waals surface area contributed by atoms with Crippen LogP contribution < -0.4 is 5.32 Å². The van der Waals surface area contributed by atoms with E-state index in [0.29, 0.717) is 17.7 Å². The third-order valence-corrected chi connectivity index (χ3v) is 4.96. The van der Waals surface area contributed by atoms with E-state index in [1.165, 1.54) is 5.56 Å². The number of nitrogens with zero attached hydrogens (tertiary/aromatic N) is 2. The van der Waals surface area contributed by atoms with Gasteiger partial charge in [0, 0.05) is 43.9 Å². The van der Waals surface area contributed by atoms with Gasteiger partial charge in [-0.15, -0.1) is 0 Å². The molecule has 2 amide bonds. The van der Waals surface area contributed by atoms with Crippen molar-refractivity contribution in [2.24, 2.45) is 0 Å². The van der Waals surface area contributed by atoms with E-state index < -0.39 is 0 Å². The van der Waals surface area contributed by atoms with E-state index in [0.717, 1.165) is 39.0 Å². The molecule has 1 saturated heterocycles. The first kappa shape index (κ1) is 19.1. The van der Waals surface area contributed by atoms with Crippen LogP contribution in [0.2, 0.25) is 0 Å². The van der Waals surface area contributed by atoms with Gasteiger partial charge < -0.3 is 15.1 Å². The normalized spacial score (nSPS) is 14.8. The standard InChI is InChI=1S/C22H27N3O2/c1-24-14-16-25(17-15-24)22(27)20-11-9-19(10-12-20)21(26)23-13-5-8-18-6-3-2-4-7-18/h2-4,6-7,9-12H,5,8,13-17H2,1H3,(H,23,26). The number of piperazine rings is 1. The van der Waals surface area contributed by atoms with Gasteiger partial charge in [-0.3, -0.25) is 9.59 Å². The lowest BCUT2D eigenvalue weighted by Gasteiger charge is -2.32. The predicted molar refractivity (Wildman–Crippen MR) is 107 cm³/mol. The van der Waals surface area contributed by atoms with Crippen molar-refractivity contribution in [3.8, 4) is 0 Å². The first-order valence-electron chi connectivity index (χ1n) is 9.53. The topological polar surface area (TPSA) is 52.7 Å². The molecule has 0 spiro atoms.